The summed E-state index contributed by atoms with van der Waals surface area (Å²) in [5, 5.41) is 0.0978. The van der Waals surface area contributed by atoms with Crippen molar-refractivity contribution in [2.45, 2.75) is 11.8 Å². The summed E-state index contributed by atoms with van der Waals surface area (Å²) < 4.78 is 1.18. The zero-order valence-corrected chi connectivity index (χ0v) is 8.56. The average molecular weight is 280 g/mol. The van der Waals surface area contributed by atoms with Gasteiger partial charge < -0.3 is 4.98 Å². The lowest BCUT2D eigenvalue weighted by molar-refractivity contribution is 0.977. The second-order valence-corrected chi connectivity index (χ2v) is 4.10. The molecule has 0 saturated carbocycles. The van der Waals surface area contributed by atoms with Gasteiger partial charge in [-0.1, -0.05) is 0 Å². The lowest BCUT2D eigenvalue weighted by Gasteiger charge is -2.10. The lowest BCUT2D eigenvalue weighted by Crippen LogP contribution is -1.96. The Hall–Kier alpha value is -0.0300. The van der Waals surface area contributed by atoms with Gasteiger partial charge in [-0.05, 0) is 22.6 Å². The molecule has 2 heterocycles. The predicted molar refractivity (Wildman–Crippen MR) is 54.9 cm³/mol. The SMILES string of the molecule is ClC1CC=Nc2[nH]cc(I)c21. The van der Waals surface area contributed by atoms with Crippen LogP contribution in [0, 0.1) is 3.57 Å². The third kappa shape index (κ3) is 1.20. The predicted octanol–water partition coefficient (Wildman–Crippen LogP) is 3.01. The van der Waals surface area contributed by atoms with Crippen LogP contribution in [0.4, 0.5) is 5.82 Å². The fraction of sp³-hybridized carbons (Fsp3) is 0.286. The zero-order valence-electron chi connectivity index (χ0n) is 5.64. The summed E-state index contributed by atoms with van der Waals surface area (Å²) in [4.78, 5) is 7.26. The van der Waals surface area contributed by atoms with Crippen LogP contribution in [0.3, 0.4) is 0 Å². The Kier molecular flexibility index (Phi) is 1.93. The van der Waals surface area contributed by atoms with E-state index in [1.807, 2.05) is 12.4 Å². The van der Waals surface area contributed by atoms with Crippen molar-refractivity contribution in [1.82, 2.24) is 4.98 Å². The van der Waals surface area contributed by atoms with Crippen LogP contribution in [0.15, 0.2) is 11.2 Å². The molecule has 0 aliphatic carbocycles. The van der Waals surface area contributed by atoms with Gasteiger partial charge in [-0.15, -0.1) is 11.6 Å². The number of aromatic nitrogens is 1. The van der Waals surface area contributed by atoms with Gasteiger partial charge in [0.1, 0.15) is 5.82 Å². The molecule has 1 aliphatic heterocycles. The second kappa shape index (κ2) is 2.79. The first-order valence-corrected chi connectivity index (χ1v) is 4.84. The number of nitrogens with one attached hydrogen (secondary N) is 1. The first-order chi connectivity index (χ1) is 5.29. The molecule has 2 rings (SSSR count). The van der Waals surface area contributed by atoms with Gasteiger partial charge in [0.15, 0.2) is 0 Å². The number of aromatic amines is 1. The molecule has 58 valence electrons. The topological polar surface area (TPSA) is 28.1 Å². The molecular formula is C7H6ClIN2. The maximum atomic E-state index is 6.08. The quantitative estimate of drug-likeness (QED) is 0.559. The minimum atomic E-state index is 0.0978. The Balaban J connectivity index is 2.58. The van der Waals surface area contributed by atoms with Crippen LogP contribution in [0.5, 0.6) is 0 Å². The van der Waals surface area contributed by atoms with Crippen LogP contribution >= 0.6 is 34.2 Å². The minimum Gasteiger partial charge on any atom is -0.345 e. The summed E-state index contributed by atoms with van der Waals surface area (Å²) in [5.41, 5.74) is 1.15. The lowest BCUT2D eigenvalue weighted by atomic mass is 10.1. The van der Waals surface area contributed by atoms with Gasteiger partial charge in [0.05, 0.1) is 5.38 Å². The summed E-state index contributed by atoms with van der Waals surface area (Å²) >= 11 is 8.34. The Morgan fingerprint density at radius 3 is 3.27 bits per heavy atom. The van der Waals surface area contributed by atoms with Gasteiger partial charge in [0.2, 0.25) is 0 Å². The van der Waals surface area contributed by atoms with Crippen molar-refractivity contribution in [3.63, 3.8) is 0 Å². The number of rotatable bonds is 0. The first kappa shape index (κ1) is 7.61. The van der Waals surface area contributed by atoms with E-state index >= 15 is 0 Å². The number of nitrogens with zero attached hydrogens (tertiary/aromatic N) is 1. The van der Waals surface area contributed by atoms with E-state index in [-0.39, 0.29) is 5.38 Å². The molecular weight excluding hydrogens is 274 g/mol. The largest absolute Gasteiger partial charge is 0.345 e. The molecule has 0 bridgehead atoms. The third-order valence-electron chi connectivity index (χ3n) is 1.69. The van der Waals surface area contributed by atoms with Gasteiger partial charge >= 0.3 is 0 Å². The van der Waals surface area contributed by atoms with Crippen LogP contribution in [-0.4, -0.2) is 11.2 Å². The summed E-state index contributed by atoms with van der Waals surface area (Å²) in [6.45, 7) is 0. The molecule has 0 saturated heterocycles. The molecule has 1 aromatic heterocycles. The Bertz CT molecular complexity index is 305. The highest BCUT2D eigenvalue weighted by molar-refractivity contribution is 14.1. The number of alkyl halides is 1. The zero-order chi connectivity index (χ0) is 7.84. The van der Waals surface area contributed by atoms with Crippen LogP contribution in [0.1, 0.15) is 17.4 Å². The molecule has 11 heavy (non-hydrogen) atoms. The molecule has 1 unspecified atom stereocenters. The molecule has 0 fully saturated rings. The Morgan fingerprint density at radius 2 is 2.55 bits per heavy atom. The number of hydrogen-bond donors (Lipinski definition) is 1. The Morgan fingerprint density at radius 1 is 1.73 bits per heavy atom. The summed E-state index contributed by atoms with van der Waals surface area (Å²) in [7, 11) is 0. The standard InChI is InChI=1S/C7H6ClIN2/c8-4-1-2-10-7-6(4)5(9)3-11-7/h2-4,11H,1H2. The summed E-state index contributed by atoms with van der Waals surface area (Å²) in [6.07, 6.45) is 4.62. The molecule has 0 aromatic carbocycles. The fourth-order valence-electron chi connectivity index (χ4n) is 1.16. The number of halogens is 2. The molecule has 0 amide bonds. The molecule has 4 heteroatoms. The van der Waals surface area contributed by atoms with E-state index in [0.717, 1.165) is 17.8 Å². The third-order valence-corrected chi connectivity index (χ3v) is 2.98. The number of fused-ring (bicyclic) bond motifs is 1. The van der Waals surface area contributed by atoms with Crippen LogP contribution < -0.4 is 0 Å². The van der Waals surface area contributed by atoms with Gasteiger partial charge in [-0.25, -0.2) is 4.99 Å². The van der Waals surface area contributed by atoms with E-state index in [2.05, 4.69) is 32.6 Å². The van der Waals surface area contributed by atoms with Crippen molar-refractivity contribution in [3.8, 4) is 0 Å². The van der Waals surface area contributed by atoms with E-state index in [4.69, 9.17) is 11.6 Å². The van der Waals surface area contributed by atoms with Gasteiger partial charge in [-0.2, -0.15) is 0 Å². The highest BCUT2D eigenvalue weighted by Crippen LogP contribution is 2.37. The fourth-order valence-corrected chi connectivity index (χ4v) is 2.43. The highest BCUT2D eigenvalue weighted by Gasteiger charge is 2.19. The van der Waals surface area contributed by atoms with Crippen molar-refractivity contribution >= 4 is 46.2 Å². The maximum absolute atomic E-state index is 6.08. The van der Waals surface area contributed by atoms with Gasteiger partial charge in [0, 0.05) is 28.0 Å². The minimum absolute atomic E-state index is 0.0978. The van der Waals surface area contributed by atoms with Gasteiger partial charge in [0.25, 0.3) is 0 Å². The van der Waals surface area contributed by atoms with Crippen molar-refractivity contribution in [3.05, 3.63) is 15.3 Å². The maximum Gasteiger partial charge on any atom is 0.135 e. The van der Waals surface area contributed by atoms with E-state index < -0.39 is 0 Å². The summed E-state index contributed by atoms with van der Waals surface area (Å²) in [6, 6.07) is 0. The molecule has 1 atom stereocenters. The normalized spacial score (nSPS) is 21.8. The van der Waals surface area contributed by atoms with Crippen molar-refractivity contribution < 1.29 is 0 Å². The van der Waals surface area contributed by atoms with Crippen LogP contribution in [-0.2, 0) is 0 Å². The molecule has 1 aliphatic rings. The Labute approximate surface area is 83.2 Å². The van der Waals surface area contributed by atoms with Crippen LogP contribution in [0.25, 0.3) is 0 Å². The van der Waals surface area contributed by atoms with Crippen molar-refractivity contribution in [1.29, 1.82) is 0 Å². The smallest absolute Gasteiger partial charge is 0.135 e. The number of aliphatic imine (C=N–C) groups is 1. The van der Waals surface area contributed by atoms with E-state index in [1.54, 1.807) is 0 Å². The number of H-pyrrole nitrogens is 1. The molecule has 1 N–H and O–H groups in total. The van der Waals surface area contributed by atoms with E-state index in [0.29, 0.717) is 0 Å². The molecule has 2 nitrogen and oxygen atoms in total. The summed E-state index contributed by atoms with van der Waals surface area (Å²) in [5.74, 6) is 0.917. The van der Waals surface area contributed by atoms with E-state index in [9.17, 15) is 0 Å². The molecule has 1 aromatic rings. The van der Waals surface area contributed by atoms with Crippen molar-refractivity contribution in [2.75, 3.05) is 0 Å². The molecule has 0 spiro atoms. The van der Waals surface area contributed by atoms with E-state index in [1.165, 1.54) is 3.57 Å². The molecule has 0 radical (unpaired) electrons. The second-order valence-electron chi connectivity index (χ2n) is 2.41. The van der Waals surface area contributed by atoms with Crippen LogP contribution in [0.2, 0.25) is 0 Å². The number of hydrogen-bond acceptors (Lipinski definition) is 1. The monoisotopic (exact) mass is 280 g/mol. The van der Waals surface area contributed by atoms with Gasteiger partial charge in [-0.3, -0.25) is 0 Å². The first-order valence-electron chi connectivity index (χ1n) is 3.32. The average Bonchev–Trinajstić information content (AvgIpc) is 2.34. The highest BCUT2D eigenvalue weighted by atomic mass is 127. The van der Waals surface area contributed by atoms with Crippen molar-refractivity contribution in [2.24, 2.45) is 4.99 Å².